The summed E-state index contributed by atoms with van der Waals surface area (Å²) in [7, 11) is 0. The molecule has 1 aromatic carbocycles. The molecule has 0 aliphatic heterocycles. The highest BCUT2D eigenvalue weighted by Crippen LogP contribution is 2.29. The molecule has 0 N–H and O–H groups in total. The number of rotatable bonds is 2. The van der Waals surface area contributed by atoms with Crippen molar-refractivity contribution in [1.29, 1.82) is 0 Å². The van der Waals surface area contributed by atoms with Crippen LogP contribution in [0.5, 0.6) is 0 Å². The number of nitroso groups, excluding NO2 is 1. The van der Waals surface area contributed by atoms with E-state index in [9.17, 15) is 9.70 Å². The molecule has 0 radical (unpaired) electrons. The largest absolute Gasteiger partial charge is 0.298 e. The van der Waals surface area contributed by atoms with Crippen LogP contribution in [0.4, 0.5) is 5.69 Å². The molecule has 0 fully saturated rings. The zero-order valence-corrected chi connectivity index (χ0v) is 8.67. The van der Waals surface area contributed by atoms with Gasteiger partial charge in [0, 0.05) is 9.13 Å². The summed E-state index contributed by atoms with van der Waals surface area (Å²) < 4.78 is 0.758. The van der Waals surface area contributed by atoms with Gasteiger partial charge in [0.25, 0.3) is 0 Å². The molecule has 0 heterocycles. The van der Waals surface area contributed by atoms with Crippen molar-refractivity contribution in [3.63, 3.8) is 0 Å². The summed E-state index contributed by atoms with van der Waals surface area (Å²) in [4.78, 5) is 20.6. The molecule has 1 rings (SSSR count). The molecular weight excluding hydrogens is 292 g/mol. The quantitative estimate of drug-likeness (QED) is 0.478. The average molecular weight is 295 g/mol. The van der Waals surface area contributed by atoms with Crippen molar-refractivity contribution >= 4 is 46.2 Å². The maximum atomic E-state index is 10.4. The third kappa shape index (κ3) is 1.81. The van der Waals surface area contributed by atoms with Gasteiger partial charge < -0.3 is 0 Å². The van der Waals surface area contributed by atoms with Gasteiger partial charge in [-0.1, -0.05) is 11.6 Å². The Morgan fingerprint density at radius 1 is 1.50 bits per heavy atom. The Hall–Kier alpha value is -0.490. The van der Waals surface area contributed by atoms with Crippen molar-refractivity contribution in [2.24, 2.45) is 5.18 Å². The number of carbonyl (C=O) groups is 1. The first-order chi connectivity index (χ1) is 5.69. The third-order valence-electron chi connectivity index (χ3n) is 1.27. The van der Waals surface area contributed by atoms with Crippen LogP contribution in [-0.4, -0.2) is 6.29 Å². The predicted octanol–water partition coefficient (Wildman–Crippen LogP) is 3.16. The zero-order valence-electron chi connectivity index (χ0n) is 5.75. The van der Waals surface area contributed by atoms with Gasteiger partial charge in [0.05, 0.1) is 5.02 Å². The first kappa shape index (κ1) is 9.60. The van der Waals surface area contributed by atoms with E-state index in [1.54, 1.807) is 6.07 Å². The number of hydrogen-bond donors (Lipinski definition) is 0. The molecule has 62 valence electrons. The second-order valence-electron chi connectivity index (χ2n) is 2.04. The summed E-state index contributed by atoms with van der Waals surface area (Å²) in [6.45, 7) is 0. The predicted molar refractivity (Wildman–Crippen MR) is 55.0 cm³/mol. The summed E-state index contributed by atoms with van der Waals surface area (Å²) in [5.41, 5.74) is 0.392. The lowest BCUT2D eigenvalue weighted by Crippen LogP contribution is -1.83. The van der Waals surface area contributed by atoms with Gasteiger partial charge in [-0.25, -0.2) is 0 Å². The van der Waals surface area contributed by atoms with Crippen LogP contribution in [0.2, 0.25) is 5.02 Å². The minimum Gasteiger partial charge on any atom is -0.298 e. The van der Waals surface area contributed by atoms with E-state index >= 15 is 0 Å². The van der Waals surface area contributed by atoms with Gasteiger partial charge in [-0.3, -0.25) is 4.79 Å². The highest BCUT2D eigenvalue weighted by atomic mass is 127. The van der Waals surface area contributed by atoms with Crippen molar-refractivity contribution in [3.05, 3.63) is 31.2 Å². The lowest BCUT2D eigenvalue weighted by molar-refractivity contribution is 0.112. The second kappa shape index (κ2) is 3.95. The van der Waals surface area contributed by atoms with Crippen LogP contribution in [0.15, 0.2) is 17.3 Å². The Morgan fingerprint density at radius 2 is 2.17 bits per heavy atom. The van der Waals surface area contributed by atoms with Crippen molar-refractivity contribution < 1.29 is 4.79 Å². The Morgan fingerprint density at radius 3 is 2.67 bits per heavy atom. The van der Waals surface area contributed by atoms with Crippen LogP contribution in [-0.2, 0) is 0 Å². The van der Waals surface area contributed by atoms with Crippen molar-refractivity contribution in [1.82, 2.24) is 0 Å². The highest BCUT2D eigenvalue weighted by molar-refractivity contribution is 14.1. The normalized spacial score (nSPS) is 9.50. The van der Waals surface area contributed by atoms with E-state index in [1.165, 1.54) is 6.07 Å². The maximum absolute atomic E-state index is 10.4. The fraction of sp³-hybridized carbons (Fsp3) is 0. The lowest BCUT2D eigenvalue weighted by Gasteiger charge is -1.98. The summed E-state index contributed by atoms with van der Waals surface area (Å²) in [5, 5.41) is 2.81. The summed E-state index contributed by atoms with van der Waals surface area (Å²) in [5.74, 6) is 0. The molecular formula is C7H3ClINO2. The smallest absolute Gasteiger partial charge is 0.151 e. The van der Waals surface area contributed by atoms with Gasteiger partial charge in [0.1, 0.15) is 5.69 Å². The minimum atomic E-state index is 0.102. The number of halogens is 2. The molecule has 0 bridgehead atoms. The molecule has 0 amide bonds. The van der Waals surface area contributed by atoms with Crippen LogP contribution in [0.25, 0.3) is 0 Å². The molecule has 0 aromatic heterocycles. The Bertz CT molecular complexity index is 311. The maximum Gasteiger partial charge on any atom is 0.151 e. The van der Waals surface area contributed by atoms with E-state index in [-0.39, 0.29) is 16.3 Å². The van der Waals surface area contributed by atoms with Crippen LogP contribution in [0.1, 0.15) is 10.4 Å². The lowest BCUT2D eigenvalue weighted by atomic mass is 10.2. The molecule has 0 aliphatic rings. The van der Waals surface area contributed by atoms with Gasteiger partial charge in [-0.05, 0) is 39.9 Å². The number of hydrogen-bond acceptors (Lipinski definition) is 3. The van der Waals surface area contributed by atoms with Gasteiger partial charge >= 0.3 is 0 Å². The Labute approximate surface area is 87.2 Å². The van der Waals surface area contributed by atoms with E-state index < -0.39 is 0 Å². The number of aldehydes is 1. The molecule has 12 heavy (non-hydrogen) atoms. The van der Waals surface area contributed by atoms with Crippen molar-refractivity contribution in [3.8, 4) is 0 Å². The van der Waals surface area contributed by atoms with Crippen LogP contribution >= 0.6 is 34.2 Å². The van der Waals surface area contributed by atoms with Crippen molar-refractivity contribution in [2.75, 3.05) is 0 Å². The molecule has 0 aliphatic carbocycles. The first-order valence-corrected chi connectivity index (χ1v) is 4.42. The molecule has 1 aromatic rings. The van der Waals surface area contributed by atoms with Gasteiger partial charge in [-0.15, -0.1) is 4.91 Å². The Kier molecular flexibility index (Phi) is 3.16. The fourth-order valence-corrected chi connectivity index (χ4v) is 1.57. The van der Waals surface area contributed by atoms with E-state index in [4.69, 9.17) is 11.6 Å². The monoisotopic (exact) mass is 295 g/mol. The summed E-state index contributed by atoms with van der Waals surface area (Å²) >= 11 is 7.63. The standard InChI is InChI=1S/C7H3ClINO2/c8-7-4(3-11)1-5(9)2-6(7)10-12/h1-3H. The molecule has 0 spiro atoms. The summed E-state index contributed by atoms with van der Waals surface area (Å²) in [6.07, 6.45) is 0.596. The topological polar surface area (TPSA) is 46.5 Å². The SMILES string of the molecule is O=Cc1cc(I)cc(N=O)c1Cl. The molecule has 3 nitrogen and oxygen atoms in total. The molecule has 0 saturated heterocycles. The second-order valence-corrected chi connectivity index (χ2v) is 3.66. The molecule has 0 unspecified atom stereocenters. The number of carbonyl (C=O) groups excluding carboxylic acids is 1. The first-order valence-electron chi connectivity index (χ1n) is 2.96. The number of nitrogens with zero attached hydrogens (tertiary/aromatic N) is 1. The molecule has 5 heteroatoms. The van der Waals surface area contributed by atoms with Crippen molar-refractivity contribution in [2.45, 2.75) is 0 Å². The summed E-state index contributed by atoms with van der Waals surface area (Å²) in [6, 6.07) is 3.10. The molecule has 0 atom stereocenters. The highest BCUT2D eigenvalue weighted by Gasteiger charge is 2.07. The van der Waals surface area contributed by atoms with Crippen LogP contribution in [0.3, 0.4) is 0 Å². The van der Waals surface area contributed by atoms with Gasteiger partial charge in [-0.2, -0.15) is 0 Å². The molecule has 0 saturated carbocycles. The Balaban J connectivity index is 3.41. The fourth-order valence-electron chi connectivity index (χ4n) is 0.748. The van der Waals surface area contributed by atoms with E-state index in [1.807, 2.05) is 22.6 Å². The van der Waals surface area contributed by atoms with E-state index in [0.29, 0.717) is 6.29 Å². The van der Waals surface area contributed by atoms with E-state index in [2.05, 4.69) is 5.18 Å². The van der Waals surface area contributed by atoms with Gasteiger partial charge in [0.2, 0.25) is 0 Å². The van der Waals surface area contributed by atoms with Crippen LogP contribution in [0, 0.1) is 8.48 Å². The van der Waals surface area contributed by atoms with E-state index in [0.717, 1.165) is 3.57 Å². The average Bonchev–Trinajstić information content (AvgIpc) is 2.08. The third-order valence-corrected chi connectivity index (χ3v) is 2.31. The number of benzene rings is 1. The van der Waals surface area contributed by atoms with Gasteiger partial charge in [0.15, 0.2) is 6.29 Å². The van der Waals surface area contributed by atoms with Crippen LogP contribution < -0.4 is 0 Å². The zero-order chi connectivity index (χ0) is 9.14. The minimum absolute atomic E-state index is 0.102.